The zero-order valence-corrected chi connectivity index (χ0v) is 11.5. The smallest absolute Gasteiger partial charge is 0.129 e. The Morgan fingerprint density at radius 2 is 2.12 bits per heavy atom. The molecule has 0 unspecified atom stereocenters. The molecule has 0 radical (unpaired) electrons. The molecular formula is C12H19ClN2S. The fraction of sp³-hybridized carbons (Fsp3) is 0.583. The van der Waals surface area contributed by atoms with Crippen molar-refractivity contribution in [1.82, 2.24) is 9.88 Å². The molecule has 1 heterocycles. The maximum Gasteiger partial charge on any atom is 0.129 e. The van der Waals surface area contributed by atoms with Crippen LogP contribution in [0.4, 0.5) is 0 Å². The monoisotopic (exact) mass is 258 g/mol. The zero-order valence-electron chi connectivity index (χ0n) is 9.95. The summed E-state index contributed by atoms with van der Waals surface area (Å²) in [6.07, 6.45) is 1.77. The lowest BCUT2D eigenvalue weighted by atomic mass is 10.3. The Kier molecular flexibility index (Phi) is 6.85. The van der Waals surface area contributed by atoms with Gasteiger partial charge in [0.05, 0.1) is 0 Å². The van der Waals surface area contributed by atoms with E-state index in [1.165, 1.54) is 11.3 Å². The van der Waals surface area contributed by atoms with Crippen molar-refractivity contribution in [3.05, 3.63) is 29.0 Å². The van der Waals surface area contributed by atoms with E-state index in [0.717, 1.165) is 25.4 Å². The molecule has 1 aromatic heterocycles. The minimum atomic E-state index is 0.585. The van der Waals surface area contributed by atoms with E-state index in [1.54, 1.807) is 6.20 Å². The molecule has 0 spiro atoms. The maximum absolute atomic E-state index is 5.82. The molecule has 0 aliphatic heterocycles. The standard InChI is InChI=1S/C12H19ClN2S/c1-3-15(4-2)7-8-16-10-11-5-6-14-12(13)9-11/h5-6,9H,3-4,7-8,10H2,1-2H3. The predicted octanol–water partition coefficient (Wildman–Crippen LogP) is 3.31. The van der Waals surface area contributed by atoms with E-state index in [0.29, 0.717) is 5.15 Å². The van der Waals surface area contributed by atoms with Gasteiger partial charge in [0.2, 0.25) is 0 Å². The molecule has 0 saturated heterocycles. The van der Waals surface area contributed by atoms with Gasteiger partial charge in [-0.05, 0) is 30.8 Å². The lowest BCUT2D eigenvalue weighted by Crippen LogP contribution is -2.25. The van der Waals surface area contributed by atoms with Crippen molar-refractivity contribution in [2.24, 2.45) is 0 Å². The van der Waals surface area contributed by atoms with E-state index in [4.69, 9.17) is 11.6 Å². The van der Waals surface area contributed by atoms with Gasteiger partial charge in [0.1, 0.15) is 5.15 Å². The summed E-state index contributed by atoms with van der Waals surface area (Å²) in [6, 6.07) is 3.96. The Morgan fingerprint density at radius 1 is 1.38 bits per heavy atom. The number of hydrogen-bond acceptors (Lipinski definition) is 3. The van der Waals surface area contributed by atoms with Crippen LogP contribution in [0.5, 0.6) is 0 Å². The molecule has 0 amide bonds. The Hall–Kier alpha value is -0.250. The molecule has 0 fully saturated rings. The fourth-order valence-corrected chi connectivity index (χ4v) is 2.60. The number of pyridine rings is 1. The largest absolute Gasteiger partial charge is 0.303 e. The molecule has 90 valence electrons. The minimum absolute atomic E-state index is 0.585. The van der Waals surface area contributed by atoms with Gasteiger partial charge in [-0.15, -0.1) is 0 Å². The number of aromatic nitrogens is 1. The highest BCUT2D eigenvalue weighted by Crippen LogP contribution is 2.14. The van der Waals surface area contributed by atoms with Gasteiger partial charge in [-0.2, -0.15) is 11.8 Å². The molecule has 16 heavy (non-hydrogen) atoms. The molecule has 1 aromatic rings. The van der Waals surface area contributed by atoms with Crippen molar-refractivity contribution in [2.45, 2.75) is 19.6 Å². The summed E-state index contributed by atoms with van der Waals surface area (Å²) in [6.45, 7) is 7.85. The molecule has 0 atom stereocenters. The Balaban J connectivity index is 2.20. The van der Waals surface area contributed by atoms with Gasteiger partial charge in [-0.3, -0.25) is 0 Å². The average molecular weight is 259 g/mol. The van der Waals surface area contributed by atoms with Crippen LogP contribution in [0.15, 0.2) is 18.3 Å². The number of hydrogen-bond donors (Lipinski definition) is 0. The van der Waals surface area contributed by atoms with E-state index >= 15 is 0 Å². The second-order valence-electron chi connectivity index (χ2n) is 3.57. The molecule has 0 saturated carbocycles. The lowest BCUT2D eigenvalue weighted by molar-refractivity contribution is 0.324. The van der Waals surface area contributed by atoms with E-state index in [1.807, 2.05) is 23.9 Å². The Bertz CT molecular complexity index is 303. The zero-order chi connectivity index (χ0) is 11.8. The second kappa shape index (κ2) is 7.93. The molecule has 0 aliphatic rings. The molecular weight excluding hydrogens is 240 g/mol. The van der Waals surface area contributed by atoms with Gasteiger partial charge < -0.3 is 4.90 Å². The summed E-state index contributed by atoms with van der Waals surface area (Å²) in [5.74, 6) is 2.19. The summed E-state index contributed by atoms with van der Waals surface area (Å²) >= 11 is 7.77. The van der Waals surface area contributed by atoms with E-state index in [2.05, 4.69) is 23.7 Å². The summed E-state index contributed by atoms with van der Waals surface area (Å²) in [4.78, 5) is 6.41. The van der Waals surface area contributed by atoms with Crippen LogP contribution in [0.3, 0.4) is 0 Å². The number of halogens is 1. The van der Waals surface area contributed by atoms with Crippen molar-refractivity contribution >= 4 is 23.4 Å². The number of rotatable bonds is 7. The molecule has 0 bridgehead atoms. The molecule has 0 aliphatic carbocycles. The van der Waals surface area contributed by atoms with Gasteiger partial charge in [0.15, 0.2) is 0 Å². The SMILES string of the molecule is CCN(CC)CCSCc1ccnc(Cl)c1. The van der Waals surface area contributed by atoms with Crippen LogP contribution in [0.25, 0.3) is 0 Å². The van der Waals surface area contributed by atoms with Gasteiger partial charge in [-0.1, -0.05) is 25.4 Å². The number of thioether (sulfide) groups is 1. The quantitative estimate of drug-likeness (QED) is 0.551. The van der Waals surface area contributed by atoms with Crippen LogP contribution in [0, 0.1) is 0 Å². The normalized spacial score (nSPS) is 11.0. The fourth-order valence-electron chi connectivity index (χ4n) is 1.46. The highest BCUT2D eigenvalue weighted by Gasteiger charge is 1.99. The van der Waals surface area contributed by atoms with Crippen molar-refractivity contribution in [1.29, 1.82) is 0 Å². The molecule has 1 rings (SSSR count). The van der Waals surface area contributed by atoms with Crippen LogP contribution in [0.2, 0.25) is 5.15 Å². The van der Waals surface area contributed by atoms with Gasteiger partial charge in [0.25, 0.3) is 0 Å². The second-order valence-corrected chi connectivity index (χ2v) is 5.06. The third kappa shape index (κ3) is 5.19. The van der Waals surface area contributed by atoms with Crippen molar-refractivity contribution in [3.8, 4) is 0 Å². The third-order valence-corrected chi connectivity index (χ3v) is 3.72. The molecule has 0 N–H and O–H groups in total. The minimum Gasteiger partial charge on any atom is -0.303 e. The lowest BCUT2D eigenvalue weighted by Gasteiger charge is -2.17. The number of nitrogens with zero attached hydrogens (tertiary/aromatic N) is 2. The predicted molar refractivity (Wildman–Crippen MR) is 73.2 cm³/mol. The van der Waals surface area contributed by atoms with Gasteiger partial charge in [-0.25, -0.2) is 4.98 Å². The summed E-state index contributed by atoms with van der Waals surface area (Å²) in [5.41, 5.74) is 1.25. The van der Waals surface area contributed by atoms with Crippen LogP contribution in [0.1, 0.15) is 19.4 Å². The topological polar surface area (TPSA) is 16.1 Å². The van der Waals surface area contributed by atoms with E-state index in [9.17, 15) is 0 Å². The average Bonchev–Trinajstić information content (AvgIpc) is 2.29. The van der Waals surface area contributed by atoms with Crippen LogP contribution < -0.4 is 0 Å². The summed E-state index contributed by atoms with van der Waals surface area (Å²) < 4.78 is 0. The van der Waals surface area contributed by atoms with Crippen molar-refractivity contribution in [2.75, 3.05) is 25.4 Å². The first-order valence-corrected chi connectivity index (χ1v) is 7.20. The van der Waals surface area contributed by atoms with Crippen LogP contribution in [-0.2, 0) is 5.75 Å². The van der Waals surface area contributed by atoms with Crippen molar-refractivity contribution < 1.29 is 0 Å². The summed E-state index contributed by atoms with van der Waals surface area (Å²) in [7, 11) is 0. The highest BCUT2D eigenvalue weighted by molar-refractivity contribution is 7.98. The molecule has 2 nitrogen and oxygen atoms in total. The van der Waals surface area contributed by atoms with Crippen LogP contribution in [-0.4, -0.2) is 35.3 Å². The Morgan fingerprint density at radius 3 is 2.75 bits per heavy atom. The maximum atomic E-state index is 5.82. The third-order valence-electron chi connectivity index (χ3n) is 2.51. The van der Waals surface area contributed by atoms with Gasteiger partial charge in [0, 0.05) is 24.2 Å². The summed E-state index contributed by atoms with van der Waals surface area (Å²) in [5, 5.41) is 0.585. The first-order chi connectivity index (χ1) is 7.76. The highest BCUT2D eigenvalue weighted by atomic mass is 35.5. The first kappa shape index (κ1) is 13.8. The molecule has 0 aromatic carbocycles. The van der Waals surface area contributed by atoms with Gasteiger partial charge >= 0.3 is 0 Å². The van der Waals surface area contributed by atoms with Crippen molar-refractivity contribution in [3.63, 3.8) is 0 Å². The van der Waals surface area contributed by atoms with Crippen LogP contribution >= 0.6 is 23.4 Å². The van der Waals surface area contributed by atoms with E-state index in [-0.39, 0.29) is 0 Å². The first-order valence-electron chi connectivity index (χ1n) is 5.66. The molecule has 4 heteroatoms. The van der Waals surface area contributed by atoms with E-state index < -0.39 is 0 Å². The Labute approximate surface area is 107 Å².